The Labute approximate surface area is 122 Å². The van der Waals surface area contributed by atoms with Gasteiger partial charge in [0.2, 0.25) is 5.91 Å². The molecule has 1 fully saturated rings. The highest BCUT2D eigenvalue weighted by Gasteiger charge is 2.42. The summed E-state index contributed by atoms with van der Waals surface area (Å²) in [4.78, 5) is 29.2. The second-order valence-electron chi connectivity index (χ2n) is 5.16. The number of aliphatic carboxylic acids is 1. The number of thioether (sulfide) groups is 1. The van der Waals surface area contributed by atoms with Crippen molar-refractivity contribution >= 4 is 23.6 Å². The third kappa shape index (κ3) is 3.12. The van der Waals surface area contributed by atoms with E-state index < -0.39 is 12.0 Å². The molecule has 1 N–H and O–H groups in total. The van der Waals surface area contributed by atoms with Crippen molar-refractivity contribution in [1.29, 1.82) is 0 Å². The van der Waals surface area contributed by atoms with Gasteiger partial charge in [0, 0.05) is 18.1 Å². The predicted octanol–water partition coefficient (Wildman–Crippen LogP) is 1.63. The molecular formula is C14H18N2O3S. The number of aromatic nitrogens is 1. The number of nitrogens with zero attached hydrogens (tertiary/aromatic N) is 2. The molecule has 0 aromatic carbocycles. The lowest BCUT2D eigenvalue weighted by Gasteiger charge is -2.29. The Bertz CT molecular complexity index is 492. The molecule has 2 rings (SSSR count). The van der Waals surface area contributed by atoms with Crippen LogP contribution in [0.2, 0.25) is 0 Å². The first kappa shape index (κ1) is 14.8. The van der Waals surface area contributed by atoms with Crippen LogP contribution in [-0.2, 0) is 16.0 Å². The van der Waals surface area contributed by atoms with E-state index in [0.717, 1.165) is 5.56 Å². The fourth-order valence-electron chi connectivity index (χ4n) is 2.31. The number of carbonyl (C=O) groups excluding carboxylic acids is 1. The van der Waals surface area contributed by atoms with Crippen LogP contribution < -0.4 is 0 Å². The molecule has 0 spiro atoms. The van der Waals surface area contributed by atoms with Crippen molar-refractivity contribution in [1.82, 2.24) is 9.88 Å². The number of amides is 1. The summed E-state index contributed by atoms with van der Waals surface area (Å²) in [6, 6.07) is 2.84. The van der Waals surface area contributed by atoms with Crippen molar-refractivity contribution in [2.45, 2.75) is 31.7 Å². The van der Waals surface area contributed by atoms with Gasteiger partial charge in [-0.2, -0.15) is 0 Å². The molecule has 0 saturated carbocycles. The van der Waals surface area contributed by atoms with Gasteiger partial charge in [-0.1, -0.05) is 13.8 Å². The van der Waals surface area contributed by atoms with Crippen molar-refractivity contribution in [3.8, 4) is 0 Å². The minimum Gasteiger partial charge on any atom is -0.480 e. The van der Waals surface area contributed by atoms with Crippen molar-refractivity contribution < 1.29 is 14.7 Å². The summed E-state index contributed by atoms with van der Waals surface area (Å²) in [6.07, 6.45) is 3.49. The topological polar surface area (TPSA) is 70.5 Å². The number of pyridine rings is 1. The highest BCUT2D eigenvalue weighted by molar-refractivity contribution is 8.00. The zero-order valence-corrected chi connectivity index (χ0v) is 12.3. The summed E-state index contributed by atoms with van der Waals surface area (Å²) in [5.41, 5.74) is 0.855. The molecular weight excluding hydrogens is 276 g/mol. The van der Waals surface area contributed by atoms with Crippen LogP contribution >= 0.6 is 11.8 Å². The van der Waals surface area contributed by atoms with Crippen molar-refractivity contribution in [2.75, 3.05) is 5.75 Å². The standard InChI is InChI=1S/C14H18N2O3S/c1-9(2)13-16(11(8-20-13)14(18)19)12(17)7-10-3-5-15-6-4-10/h3-6,9,11,13H,7-8H2,1-2H3,(H,18,19). The summed E-state index contributed by atoms with van der Waals surface area (Å²) in [5.74, 6) is -0.373. The first-order chi connectivity index (χ1) is 9.50. The van der Waals surface area contributed by atoms with Gasteiger partial charge in [0.15, 0.2) is 0 Å². The monoisotopic (exact) mass is 294 g/mol. The summed E-state index contributed by atoms with van der Waals surface area (Å²) in [6.45, 7) is 4.02. The molecule has 0 radical (unpaired) electrons. The van der Waals surface area contributed by atoms with E-state index in [4.69, 9.17) is 0 Å². The van der Waals surface area contributed by atoms with Crippen molar-refractivity contribution in [3.05, 3.63) is 30.1 Å². The third-order valence-electron chi connectivity index (χ3n) is 3.28. The maximum atomic E-state index is 12.5. The maximum Gasteiger partial charge on any atom is 0.327 e. The Balaban J connectivity index is 2.17. The van der Waals surface area contributed by atoms with Crippen LogP contribution in [0, 0.1) is 5.92 Å². The molecule has 108 valence electrons. The Morgan fingerprint density at radius 3 is 2.65 bits per heavy atom. The van der Waals surface area contributed by atoms with Gasteiger partial charge in [0.05, 0.1) is 11.8 Å². The highest BCUT2D eigenvalue weighted by Crippen LogP contribution is 2.34. The molecule has 1 amide bonds. The Morgan fingerprint density at radius 1 is 1.45 bits per heavy atom. The Kier molecular flexibility index (Phi) is 4.65. The van der Waals surface area contributed by atoms with Crippen LogP contribution in [0.1, 0.15) is 19.4 Å². The largest absolute Gasteiger partial charge is 0.480 e. The van der Waals surface area contributed by atoms with Gasteiger partial charge in [0.1, 0.15) is 6.04 Å². The lowest BCUT2D eigenvalue weighted by Crippen LogP contribution is -2.47. The maximum absolute atomic E-state index is 12.5. The number of rotatable bonds is 4. The van der Waals surface area contributed by atoms with Gasteiger partial charge >= 0.3 is 5.97 Å². The molecule has 6 heteroatoms. The summed E-state index contributed by atoms with van der Waals surface area (Å²) < 4.78 is 0. The van der Waals surface area contributed by atoms with Gasteiger partial charge < -0.3 is 10.0 Å². The zero-order chi connectivity index (χ0) is 14.7. The summed E-state index contributed by atoms with van der Waals surface area (Å²) >= 11 is 1.55. The number of carbonyl (C=O) groups is 2. The van der Waals surface area contributed by atoms with Gasteiger partial charge in [-0.3, -0.25) is 9.78 Å². The summed E-state index contributed by atoms with van der Waals surface area (Å²) in [7, 11) is 0. The third-order valence-corrected chi connectivity index (χ3v) is 4.90. The number of hydrogen-bond acceptors (Lipinski definition) is 4. The van der Waals surface area contributed by atoms with E-state index in [1.807, 2.05) is 13.8 Å². The second-order valence-corrected chi connectivity index (χ2v) is 6.30. The molecule has 0 bridgehead atoms. The van der Waals surface area contributed by atoms with Crippen molar-refractivity contribution in [3.63, 3.8) is 0 Å². The minimum absolute atomic E-state index is 0.0644. The van der Waals surface area contributed by atoms with Gasteiger partial charge in [-0.05, 0) is 23.6 Å². The van der Waals surface area contributed by atoms with E-state index >= 15 is 0 Å². The Morgan fingerprint density at radius 2 is 2.10 bits per heavy atom. The van der Waals surface area contributed by atoms with E-state index in [9.17, 15) is 14.7 Å². The van der Waals surface area contributed by atoms with E-state index in [1.54, 1.807) is 36.3 Å². The molecule has 1 aliphatic rings. The highest BCUT2D eigenvalue weighted by atomic mass is 32.2. The number of carboxylic acid groups (broad SMARTS) is 1. The first-order valence-corrected chi connectivity index (χ1v) is 7.60. The van der Waals surface area contributed by atoms with Gasteiger partial charge in [-0.15, -0.1) is 11.8 Å². The van der Waals surface area contributed by atoms with Crippen LogP contribution in [0.15, 0.2) is 24.5 Å². The van der Waals surface area contributed by atoms with Crippen LogP contribution in [0.25, 0.3) is 0 Å². The SMILES string of the molecule is CC(C)C1SCC(C(=O)O)N1C(=O)Cc1ccncc1. The molecule has 0 aliphatic carbocycles. The quantitative estimate of drug-likeness (QED) is 0.914. The van der Waals surface area contributed by atoms with E-state index in [0.29, 0.717) is 5.75 Å². The van der Waals surface area contributed by atoms with Gasteiger partial charge in [-0.25, -0.2) is 4.79 Å². The first-order valence-electron chi connectivity index (χ1n) is 6.55. The Hall–Kier alpha value is -1.56. The van der Waals surface area contributed by atoms with Crippen molar-refractivity contribution in [2.24, 2.45) is 5.92 Å². The summed E-state index contributed by atoms with van der Waals surface area (Å²) in [5, 5.41) is 9.22. The van der Waals surface area contributed by atoms with Crippen LogP contribution in [0.4, 0.5) is 0 Å². The second kappa shape index (κ2) is 6.26. The molecule has 20 heavy (non-hydrogen) atoms. The molecule has 2 atom stereocenters. The van der Waals surface area contributed by atoms with E-state index in [2.05, 4.69) is 4.98 Å². The average molecular weight is 294 g/mol. The number of hydrogen-bond donors (Lipinski definition) is 1. The van der Waals surface area contributed by atoms with E-state index in [-0.39, 0.29) is 23.6 Å². The van der Waals surface area contributed by atoms with Gasteiger partial charge in [0.25, 0.3) is 0 Å². The number of carboxylic acids is 1. The zero-order valence-electron chi connectivity index (χ0n) is 11.5. The normalized spacial score (nSPS) is 22.2. The molecule has 1 aromatic heterocycles. The fraction of sp³-hybridized carbons (Fsp3) is 0.500. The van der Waals surface area contributed by atoms with Crippen LogP contribution in [-0.4, -0.2) is 44.0 Å². The molecule has 1 aromatic rings. The molecule has 1 saturated heterocycles. The lowest BCUT2D eigenvalue weighted by atomic mass is 10.1. The molecule has 2 heterocycles. The fourth-order valence-corrected chi connectivity index (χ4v) is 3.81. The molecule has 2 unspecified atom stereocenters. The lowest BCUT2D eigenvalue weighted by molar-refractivity contribution is -0.149. The predicted molar refractivity (Wildman–Crippen MR) is 77.3 cm³/mol. The van der Waals surface area contributed by atoms with Crippen LogP contribution in [0.5, 0.6) is 0 Å². The smallest absolute Gasteiger partial charge is 0.327 e. The van der Waals surface area contributed by atoms with E-state index in [1.165, 1.54) is 4.90 Å². The molecule has 5 nitrogen and oxygen atoms in total. The van der Waals surface area contributed by atoms with Crippen LogP contribution in [0.3, 0.4) is 0 Å². The molecule has 1 aliphatic heterocycles. The average Bonchev–Trinajstić information content (AvgIpc) is 2.84. The minimum atomic E-state index is -0.927.